The van der Waals surface area contributed by atoms with Crippen LogP contribution in [-0.2, 0) is 4.79 Å². The summed E-state index contributed by atoms with van der Waals surface area (Å²) in [5.41, 5.74) is 5.43. The van der Waals surface area contributed by atoms with Crippen molar-refractivity contribution in [1.82, 2.24) is 0 Å². The molecule has 1 heterocycles. The lowest BCUT2D eigenvalue weighted by molar-refractivity contribution is -0.114. The number of nitrogens with one attached hydrogen (secondary N) is 1. The minimum atomic E-state index is -0.316. The molecule has 3 aromatic carbocycles. The molecule has 1 aliphatic rings. The Kier molecular flexibility index (Phi) is 5.67. The number of anilines is 2. The first kappa shape index (κ1) is 20.5. The second kappa shape index (κ2) is 8.56. The van der Waals surface area contributed by atoms with E-state index in [0.29, 0.717) is 17.2 Å². The first-order valence-corrected chi connectivity index (χ1v) is 10.2. The molecule has 0 saturated heterocycles. The fourth-order valence-electron chi connectivity index (χ4n) is 3.72. The van der Waals surface area contributed by atoms with Crippen molar-refractivity contribution in [3.63, 3.8) is 0 Å². The number of nitrogens with zero attached hydrogens (tertiary/aromatic N) is 1. The zero-order chi connectivity index (χ0) is 22.0. The molecule has 1 aliphatic heterocycles. The zero-order valence-electron chi connectivity index (χ0n) is 18.2. The topological polar surface area (TPSA) is 50.8 Å². The minimum absolute atomic E-state index is 0.0905. The predicted molar refractivity (Wildman–Crippen MR) is 124 cm³/mol. The summed E-state index contributed by atoms with van der Waals surface area (Å²) in [7, 11) is 3.25. The Morgan fingerprint density at radius 1 is 0.839 bits per heavy atom. The van der Waals surface area contributed by atoms with Crippen LogP contribution < -0.4 is 19.7 Å². The summed E-state index contributed by atoms with van der Waals surface area (Å²) >= 11 is 0. The number of benzene rings is 3. The molecule has 158 valence electrons. The number of methoxy groups -OCH3 is 2. The van der Waals surface area contributed by atoms with E-state index >= 15 is 0 Å². The molecule has 1 atom stereocenters. The molecule has 1 amide bonds. The molecule has 1 N–H and O–H groups in total. The van der Waals surface area contributed by atoms with Gasteiger partial charge in [0.15, 0.2) is 0 Å². The van der Waals surface area contributed by atoms with Crippen molar-refractivity contribution >= 4 is 17.3 Å². The smallest absolute Gasteiger partial charge is 0.275 e. The Morgan fingerprint density at radius 2 is 1.48 bits per heavy atom. The number of hydrogen-bond acceptors (Lipinski definition) is 4. The van der Waals surface area contributed by atoms with Crippen LogP contribution in [0.5, 0.6) is 11.5 Å². The SMILES string of the molecule is COc1ccc(C2C=C(Nc3ccc(C)cc3)C(=O)N2c2ccc(C)cc2)c(OC)c1. The van der Waals surface area contributed by atoms with Gasteiger partial charge in [-0.1, -0.05) is 35.4 Å². The summed E-state index contributed by atoms with van der Waals surface area (Å²) in [5.74, 6) is 1.28. The Labute approximate surface area is 182 Å². The number of ether oxygens (including phenoxy) is 2. The molecule has 5 heteroatoms. The van der Waals surface area contributed by atoms with Crippen LogP contribution in [0.3, 0.4) is 0 Å². The third-order valence-corrected chi connectivity index (χ3v) is 5.45. The van der Waals surface area contributed by atoms with Gasteiger partial charge in [0.05, 0.1) is 20.3 Å². The quantitative estimate of drug-likeness (QED) is 0.586. The van der Waals surface area contributed by atoms with Gasteiger partial charge in [0.1, 0.15) is 17.2 Å². The minimum Gasteiger partial charge on any atom is -0.497 e. The molecule has 0 spiro atoms. The van der Waals surface area contributed by atoms with E-state index < -0.39 is 0 Å². The molecule has 0 aromatic heterocycles. The number of aryl methyl sites for hydroxylation is 2. The highest BCUT2D eigenvalue weighted by Gasteiger charge is 2.36. The fraction of sp³-hybridized carbons (Fsp3) is 0.192. The van der Waals surface area contributed by atoms with Gasteiger partial charge in [-0.2, -0.15) is 0 Å². The lowest BCUT2D eigenvalue weighted by Crippen LogP contribution is -2.31. The van der Waals surface area contributed by atoms with Gasteiger partial charge in [0, 0.05) is 23.0 Å². The Morgan fingerprint density at radius 3 is 2.10 bits per heavy atom. The maximum atomic E-state index is 13.5. The summed E-state index contributed by atoms with van der Waals surface area (Å²) in [6.07, 6.45) is 1.95. The van der Waals surface area contributed by atoms with E-state index in [9.17, 15) is 4.79 Å². The largest absolute Gasteiger partial charge is 0.497 e. The van der Waals surface area contributed by atoms with Gasteiger partial charge in [-0.3, -0.25) is 9.69 Å². The third kappa shape index (κ3) is 4.12. The van der Waals surface area contributed by atoms with Gasteiger partial charge in [-0.25, -0.2) is 0 Å². The normalized spacial score (nSPS) is 15.6. The van der Waals surface area contributed by atoms with Gasteiger partial charge in [0.2, 0.25) is 0 Å². The number of amides is 1. The highest BCUT2D eigenvalue weighted by atomic mass is 16.5. The summed E-state index contributed by atoms with van der Waals surface area (Å²) in [6, 6.07) is 21.3. The van der Waals surface area contributed by atoms with Crippen LogP contribution in [0.15, 0.2) is 78.5 Å². The maximum Gasteiger partial charge on any atom is 0.275 e. The lowest BCUT2D eigenvalue weighted by atomic mass is 10.0. The molecule has 3 aromatic rings. The van der Waals surface area contributed by atoms with Crippen LogP contribution >= 0.6 is 0 Å². The Bertz CT molecular complexity index is 1120. The van der Waals surface area contributed by atoms with Crippen LogP contribution in [0, 0.1) is 13.8 Å². The van der Waals surface area contributed by atoms with Crippen molar-refractivity contribution in [3.05, 3.63) is 95.2 Å². The van der Waals surface area contributed by atoms with Crippen LogP contribution in [0.2, 0.25) is 0 Å². The van der Waals surface area contributed by atoms with Gasteiger partial charge >= 0.3 is 0 Å². The molecule has 4 rings (SSSR count). The molecule has 0 aliphatic carbocycles. The van der Waals surface area contributed by atoms with Crippen molar-refractivity contribution in [2.75, 3.05) is 24.4 Å². The van der Waals surface area contributed by atoms with Crippen molar-refractivity contribution in [2.24, 2.45) is 0 Å². The Balaban J connectivity index is 1.77. The standard InChI is InChI=1S/C26H26N2O3/c1-17-5-9-19(10-6-17)27-23-16-24(22-14-13-21(30-3)15-25(22)31-4)28(26(23)29)20-11-7-18(2)8-12-20/h5-16,24,27H,1-4H3. The summed E-state index contributed by atoms with van der Waals surface area (Å²) in [5, 5.41) is 3.29. The van der Waals surface area contributed by atoms with E-state index in [4.69, 9.17) is 9.47 Å². The average molecular weight is 415 g/mol. The van der Waals surface area contributed by atoms with E-state index in [1.165, 1.54) is 5.56 Å². The zero-order valence-corrected chi connectivity index (χ0v) is 18.2. The van der Waals surface area contributed by atoms with Crippen molar-refractivity contribution in [3.8, 4) is 11.5 Å². The molecule has 31 heavy (non-hydrogen) atoms. The molecular formula is C26H26N2O3. The maximum absolute atomic E-state index is 13.5. The highest BCUT2D eigenvalue weighted by Crippen LogP contribution is 2.40. The summed E-state index contributed by atoms with van der Waals surface area (Å²) < 4.78 is 11.0. The van der Waals surface area contributed by atoms with Crippen LogP contribution in [-0.4, -0.2) is 20.1 Å². The number of carbonyl (C=O) groups is 1. The van der Waals surface area contributed by atoms with E-state index in [1.54, 1.807) is 19.1 Å². The van der Waals surface area contributed by atoms with E-state index in [-0.39, 0.29) is 11.9 Å². The lowest BCUT2D eigenvalue weighted by Gasteiger charge is -2.26. The molecule has 0 radical (unpaired) electrons. The van der Waals surface area contributed by atoms with E-state index in [0.717, 1.165) is 22.5 Å². The second-order valence-electron chi connectivity index (χ2n) is 7.63. The second-order valence-corrected chi connectivity index (χ2v) is 7.63. The van der Waals surface area contributed by atoms with Crippen molar-refractivity contribution < 1.29 is 14.3 Å². The molecular weight excluding hydrogens is 388 g/mol. The molecule has 1 unspecified atom stereocenters. The first-order valence-electron chi connectivity index (χ1n) is 10.2. The first-order chi connectivity index (χ1) is 15.0. The summed E-state index contributed by atoms with van der Waals surface area (Å²) in [4.78, 5) is 15.3. The van der Waals surface area contributed by atoms with Gasteiger partial charge < -0.3 is 14.8 Å². The van der Waals surface area contributed by atoms with E-state index in [2.05, 4.69) is 5.32 Å². The Hall–Kier alpha value is -3.73. The van der Waals surface area contributed by atoms with Crippen LogP contribution in [0.4, 0.5) is 11.4 Å². The van der Waals surface area contributed by atoms with Gasteiger partial charge in [-0.15, -0.1) is 0 Å². The van der Waals surface area contributed by atoms with Crippen LogP contribution in [0.25, 0.3) is 0 Å². The molecule has 0 bridgehead atoms. The van der Waals surface area contributed by atoms with E-state index in [1.807, 2.05) is 86.7 Å². The van der Waals surface area contributed by atoms with Crippen molar-refractivity contribution in [1.29, 1.82) is 0 Å². The van der Waals surface area contributed by atoms with Gasteiger partial charge in [-0.05, 0) is 56.3 Å². The highest BCUT2D eigenvalue weighted by molar-refractivity contribution is 6.11. The average Bonchev–Trinajstić information content (AvgIpc) is 3.11. The molecule has 0 fully saturated rings. The number of rotatable bonds is 6. The van der Waals surface area contributed by atoms with Crippen molar-refractivity contribution in [2.45, 2.75) is 19.9 Å². The number of carbonyl (C=O) groups excluding carboxylic acids is 1. The predicted octanol–water partition coefficient (Wildman–Crippen LogP) is 5.40. The molecule has 0 saturated carbocycles. The molecule has 5 nitrogen and oxygen atoms in total. The summed E-state index contributed by atoms with van der Waals surface area (Å²) in [6.45, 7) is 4.07. The number of hydrogen-bond donors (Lipinski definition) is 1. The fourth-order valence-corrected chi connectivity index (χ4v) is 3.72. The third-order valence-electron chi connectivity index (χ3n) is 5.45. The van der Waals surface area contributed by atoms with Crippen LogP contribution in [0.1, 0.15) is 22.7 Å². The van der Waals surface area contributed by atoms with Gasteiger partial charge in [0.25, 0.3) is 5.91 Å². The monoisotopic (exact) mass is 414 g/mol.